The summed E-state index contributed by atoms with van der Waals surface area (Å²) in [6.45, 7) is 13.2. The minimum Gasteiger partial charge on any atom is -0.444 e. The van der Waals surface area contributed by atoms with E-state index in [1.807, 2.05) is 20.8 Å². The maximum absolute atomic E-state index is 12.1. The molecule has 3 N–H and O–H groups in total. The highest BCUT2D eigenvalue weighted by Gasteiger charge is 2.27. The molecule has 2 rings (SSSR count). The number of guanidine groups is 1. The van der Waals surface area contributed by atoms with Crippen LogP contribution in [-0.2, 0) is 4.74 Å². The summed E-state index contributed by atoms with van der Waals surface area (Å²) in [6.07, 6.45) is 4.19. The molecule has 0 saturated carbocycles. The second kappa shape index (κ2) is 11.3. The van der Waals surface area contributed by atoms with E-state index in [1.165, 1.54) is 19.4 Å². The predicted molar refractivity (Wildman–Crippen MR) is 121 cm³/mol. The van der Waals surface area contributed by atoms with Crippen molar-refractivity contribution in [2.24, 2.45) is 16.6 Å². The summed E-state index contributed by atoms with van der Waals surface area (Å²) in [4.78, 5) is 20.9. The average Bonchev–Trinajstić information content (AvgIpc) is 3.04. The van der Waals surface area contributed by atoms with Gasteiger partial charge in [0.1, 0.15) is 5.60 Å². The molecule has 0 aromatic rings. The van der Waals surface area contributed by atoms with Crippen molar-refractivity contribution in [3.63, 3.8) is 0 Å². The Labute approximate surface area is 181 Å². The third-order valence-corrected chi connectivity index (χ3v) is 5.21. The van der Waals surface area contributed by atoms with Crippen LogP contribution < -0.4 is 11.1 Å². The largest absolute Gasteiger partial charge is 0.444 e. The molecule has 0 aliphatic carbocycles. The van der Waals surface area contributed by atoms with Crippen molar-refractivity contribution in [1.82, 2.24) is 15.1 Å². The molecule has 27 heavy (non-hydrogen) atoms. The number of halogens is 1. The van der Waals surface area contributed by atoms with Crippen LogP contribution in [0.4, 0.5) is 4.79 Å². The van der Waals surface area contributed by atoms with E-state index >= 15 is 0 Å². The number of hydrogen-bond donors (Lipinski definition) is 2. The second-order valence-corrected chi connectivity index (χ2v) is 8.44. The Morgan fingerprint density at radius 1 is 1.22 bits per heavy atom. The van der Waals surface area contributed by atoms with Crippen molar-refractivity contribution in [2.75, 3.05) is 39.3 Å². The van der Waals surface area contributed by atoms with Crippen molar-refractivity contribution in [1.29, 1.82) is 0 Å². The number of aliphatic imine (C=N–C) groups is 1. The summed E-state index contributed by atoms with van der Waals surface area (Å²) < 4.78 is 5.43. The number of ether oxygens (including phenoxy) is 1. The Balaban J connectivity index is 0.00000364. The molecule has 0 aromatic heterocycles. The molecule has 1 unspecified atom stereocenters. The van der Waals surface area contributed by atoms with Crippen molar-refractivity contribution in [3.05, 3.63) is 0 Å². The summed E-state index contributed by atoms with van der Waals surface area (Å²) in [5, 5.41) is 3.28. The van der Waals surface area contributed by atoms with Gasteiger partial charge in [-0.3, -0.25) is 9.89 Å². The van der Waals surface area contributed by atoms with Crippen LogP contribution in [-0.4, -0.2) is 72.8 Å². The molecule has 1 atom stereocenters. The van der Waals surface area contributed by atoms with Gasteiger partial charge < -0.3 is 20.7 Å². The first kappa shape index (κ1) is 24.3. The topological polar surface area (TPSA) is 83.2 Å². The van der Waals surface area contributed by atoms with Crippen molar-refractivity contribution < 1.29 is 9.53 Å². The first-order valence-electron chi connectivity index (χ1n) is 10.0. The zero-order chi connectivity index (χ0) is 19.2. The van der Waals surface area contributed by atoms with Gasteiger partial charge in [-0.25, -0.2) is 4.79 Å². The molecule has 0 aromatic carbocycles. The third-order valence-electron chi connectivity index (χ3n) is 5.21. The van der Waals surface area contributed by atoms with Crippen LogP contribution >= 0.6 is 24.0 Å². The van der Waals surface area contributed by atoms with E-state index in [2.05, 4.69) is 22.1 Å². The Bertz CT molecular complexity index is 487. The molecule has 2 heterocycles. The smallest absolute Gasteiger partial charge is 0.410 e. The Morgan fingerprint density at radius 2 is 1.89 bits per heavy atom. The molecule has 1 amide bonds. The Hall–Kier alpha value is -0.770. The van der Waals surface area contributed by atoms with Gasteiger partial charge >= 0.3 is 6.09 Å². The number of nitrogens with two attached hydrogens (primary N) is 1. The molecular weight excluding hydrogens is 457 g/mol. The lowest BCUT2D eigenvalue weighted by atomic mass is 9.97. The van der Waals surface area contributed by atoms with Gasteiger partial charge in [0.15, 0.2) is 5.96 Å². The van der Waals surface area contributed by atoms with E-state index in [-0.39, 0.29) is 30.1 Å². The first-order chi connectivity index (χ1) is 12.3. The van der Waals surface area contributed by atoms with Crippen LogP contribution in [0, 0.1) is 5.92 Å². The predicted octanol–water partition coefficient (Wildman–Crippen LogP) is 2.64. The Morgan fingerprint density at radius 3 is 2.48 bits per heavy atom. The van der Waals surface area contributed by atoms with E-state index in [9.17, 15) is 4.79 Å². The van der Waals surface area contributed by atoms with Crippen LogP contribution in [0.3, 0.4) is 0 Å². The van der Waals surface area contributed by atoms with Crippen molar-refractivity contribution in [3.8, 4) is 0 Å². The number of likely N-dealkylation sites (tertiary alicyclic amines) is 2. The van der Waals surface area contributed by atoms with E-state index in [4.69, 9.17) is 10.5 Å². The van der Waals surface area contributed by atoms with Gasteiger partial charge in [0.2, 0.25) is 0 Å². The molecule has 2 saturated heterocycles. The maximum Gasteiger partial charge on any atom is 0.410 e. The lowest BCUT2D eigenvalue weighted by molar-refractivity contribution is 0.0187. The molecule has 2 fully saturated rings. The number of amides is 1. The van der Waals surface area contributed by atoms with E-state index < -0.39 is 5.60 Å². The minimum absolute atomic E-state index is 0. The monoisotopic (exact) mass is 495 g/mol. The Kier molecular flexibility index (Phi) is 10.1. The average molecular weight is 495 g/mol. The highest BCUT2D eigenvalue weighted by molar-refractivity contribution is 14.0. The lowest BCUT2D eigenvalue weighted by Crippen LogP contribution is -2.43. The van der Waals surface area contributed by atoms with E-state index in [0.29, 0.717) is 17.9 Å². The molecule has 2 aliphatic heterocycles. The zero-order valence-electron chi connectivity index (χ0n) is 17.4. The highest BCUT2D eigenvalue weighted by atomic mass is 127. The molecule has 8 heteroatoms. The van der Waals surface area contributed by atoms with Gasteiger partial charge in [0.05, 0.1) is 0 Å². The molecule has 0 spiro atoms. The fourth-order valence-electron chi connectivity index (χ4n) is 3.67. The van der Waals surface area contributed by atoms with Gasteiger partial charge in [-0.1, -0.05) is 6.92 Å². The SMILES string of the molecule is CCN1CCCC1CNC(N)=NCC1CCN(C(=O)OC(C)(C)C)CC1.I. The maximum atomic E-state index is 12.1. The van der Waals surface area contributed by atoms with Crippen LogP contribution in [0.2, 0.25) is 0 Å². The van der Waals surface area contributed by atoms with Gasteiger partial charge in [-0.15, -0.1) is 24.0 Å². The lowest BCUT2D eigenvalue weighted by Gasteiger charge is -2.33. The molecular formula is C19H38IN5O2. The van der Waals surface area contributed by atoms with Gasteiger partial charge in [0, 0.05) is 32.2 Å². The van der Waals surface area contributed by atoms with Gasteiger partial charge in [-0.2, -0.15) is 0 Å². The molecule has 158 valence electrons. The number of rotatable bonds is 5. The summed E-state index contributed by atoms with van der Waals surface area (Å²) in [7, 11) is 0. The molecule has 0 bridgehead atoms. The standard InChI is InChI=1S/C19H37N5O2.HI/c1-5-23-10-6-7-16(23)14-22-17(20)21-13-15-8-11-24(12-9-15)18(25)26-19(2,3)4;/h15-16H,5-14H2,1-4H3,(H3,20,21,22);1H. The van der Waals surface area contributed by atoms with E-state index in [1.54, 1.807) is 4.90 Å². The number of nitrogens with zero attached hydrogens (tertiary/aromatic N) is 3. The summed E-state index contributed by atoms with van der Waals surface area (Å²) in [5.41, 5.74) is 5.60. The number of hydrogen-bond acceptors (Lipinski definition) is 4. The fourth-order valence-corrected chi connectivity index (χ4v) is 3.67. The van der Waals surface area contributed by atoms with Crippen molar-refractivity contribution >= 4 is 36.0 Å². The number of carbonyl (C=O) groups excluding carboxylic acids is 1. The zero-order valence-corrected chi connectivity index (χ0v) is 19.7. The summed E-state index contributed by atoms with van der Waals surface area (Å²) >= 11 is 0. The minimum atomic E-state index is -0.439. The number of piperidine rings is 1. The highest BCUT2D eigenvalue weighted by Crippen LogP contribution is 2.20. The van der Waals surface area contributed by atoms with Crippen LogP contribution in [0.25, 0.3) is 0 Å². The quantitative estimate of drug-likeness (QED) is 0.348. The van der Waals surface area contributed by atoms with Crippen LogP contribution in [0.5, 0.6) is 0 Å². The third kappa shape index (κ3) is 8.41. The van der Waals surface area contributed by atoms with Gasteiger partial charge in [0.25, 0.3) is 0 Å². The van der Waals surface area contributed by atoms with E-state index in [0.717, 1.165) is 45.6 Å². The first-order valence-corrected chi connectivity index (χ1v) is 10.0. The molecule has 7 nitrogen and oxygen atoms in total. The number of nitrogens with one attached hydrogen (secondary N) is 1. The van der Waals surface area contributed by atoms with Crippen molar-refractivity contribution in [2.45, 2.75) is 65.0 Å². The van der Waals surface area contributed by atoms with Crippen LogP contribution in [0.15, 0.2) is 4.99 Å². The van der Waals surface area contributed by atoms with Crippen LogP contribution in [0.1, 0.15) is 53.4 Å². The molecule has 0 radical (unpaired) electrons. The number of likely N-dealkylation sites (N-methyl/N-ethyl adjacent to an activating group) is 1. The summed E-state index contributed by atoms with van der Waals surface area (Å²) in [5.74, 6) is 1.02. The molecule has 2 aliphatic rings. The van der Waals surface area contributed by atoms with Gasteiger partial charge in [-0.05, 0) is 65.5 Å². The number of carbonyl (C=O) groups is 1. The fraction of sp³-hybridized carbons (Fsp3) is 0.895. The summed E-state index contributed by atoms with van der Waals surface area (Å²) in [6, 6.07) is 0.575. The normalized spacial score (nSPS) is 22.4. The second-order valence-electron chi connectivity index (χ2n) is 8.44.